The van der Waals surface area contributed by atoms with Crippen LogP contribution in [0.2, 0.25) is 0 Å². The molecule has 256 valence electrons. The van der Waals surface area contributed by atoms with E-state index in [1.807, 2.05) is 0 Å². The SMILES string of the molecule is CCCCCCCCCCCCCS(=O)(=O)CCc1cccc(OC(F)(F)F)c1C(N)COC(=O)CCCCCCCCC. The van der Waals surface area contributed by atoms with Gasteiger partial charge < -0.3 is 15.2 Å². The highest BCUT2D eigenvalue weighted by molar-refractivity contribution is 7.91. The second-order valence-corrected chi connectivity index (χ2v) is 14.3. The van der Waals surface area contributed by atoms with Crippen molar-refractivity contribution in [1.82, 2.24) is 0 Å². The lowest BCUT2D eigenvalue weighted by atomic mass is 9.98. The Morgan fingerprint density at radius 2 is 1.27 bits per heavy atom. The van der Waals surface area contributed by atoms with Crippen molar-refractivity contribution < 1.29 is 35.9 Å². The number of benzene rings is 1. The molecule has 0 amide bonds. The molecule has 0 fully saturated rings. The van der Waals surface area contributed by atoms with Crippen LogP contribution in [0, 0.1) is 0 Å². The van der Waals surface area contributed by atoms with Crippen LogP contribution in [0.5, 0.6) is 5.75 Å². The summed E-state index contributed by atoms with van der Waals surface area (Å²) in [6.07, 6.45) is 14.8. The molecule has 0 aromatic heterocycles. The first-order chi connectivity index (χ1) is 21.0. The highest BCUT2D eigenvalue weighted by Crippen LogP contribution is 2.33. The number of ether oxygens (including phenoxy) is 2. The van der Waals surface area contributed by atoms with Crippen molar-refractivity contribution in [3.63, 3.8) is 0 Å². The smallest absolute Gasteiger partial charge is 0.464 e. The molecule has 1 rings (SSSR count). The molecule has 0 aliphatic heterocycles. The van der Waals surface area contributed by atoms with Crippen molar-refractivity contribution in [2.75, 3.05) is 18.1 Å². The van der Waals surface area contributed by atoms with Gasteiger partial charge in [-0.3, -0.25) is 4.79 Å². The van der Waals surface area contributed by atoms with E-state index in [4.69, 9.17) is 10.5 Å². The number of rotatable bonds is 27. The number of carbonyl (C=O) groups excluding carboxylic acids is 1. The molecule has 0 saturated carbocycles. The van der Waals surface area contributed by atoms with Gasteiger partial charge in [0.15, 0.2) is 9.84 Å². The van der Waals surface area contributed by atoms with E-state index < -0.39 is 34.0 Å². The maximum atomic E-state index is 13.2. The Balaban J connectivity index is 2.60. The third-order valence-electron chi connectivity index (χ3n) is 7.90. The number of hydrogen-bond donors (Lipinski definition) is 1. The predicted octanol–water partition coefficient (Wildman–Crippen LogP) is 9.54. The van der Waals surface area contributed by atoms with E-state index in [2.05, 4.69) is 18.6 Å². The van der Waals surface area contributed by atoms with Gasteiger partial charge in [-0.15, -0.1) is 13.2 Å². The van der Waals surface area contributed by atoms with Gasteiger partial charge in [0.2, 0.25) is 0 Å². The number of hydrogen-bond acceptors (Lipinski definition) is 6. The van der Waals surface area contributed by atoms with Gasteiger partial charge in [0.1, 0.15) is 12.4 Å². The summed E-state index contributed by atoms with van der Waals surface area (Å²) >= 11 is 0. The molecule has 1 atom stereocenters. The maximum absolute atomic E-state index is 13.2. The number of sulfone groups is 1. The Hall–Kier alpha value is -1.81. The van der Waals surface area contributed by atoms with Crippen molar-refractivity contribution in [2.45, 2.75) is 155 Å². The fourth-order valence-corrected chi connectivity index (χ4v) is 6.74. The van der Waals surface area contributed by atoms with Crippen LogP contribution in [-0.4, -0.2) is 38.9 Å². The predicted molar refractivity (Wildman–Crippen MR) is 172 cm³/mol. The summed E-state index contributed by atoms with van der Waals surface area (Å²) in [4.78, 5) is 12.2. The van der Waals surface area contributed by atoms with Gasteiger partial charge >= 0.3 is 12.3 Å². The number of alkyl halides is 3. The molecule has 0 heterocycles. The average molecular weight is 650 g/mol. The van der Waals surface area contributed by atoms with E-state index in [1.54, 1.807) is 6.07 Å². The van der Waals surface area contributed by atoms with Gasteiger partial charge in [-0.2, -0.15) is 0 Å². The van der Waals surface area contributed by atoms with Gasteiger partial charge in [0.25, 0.3) is 0 Å². The highest BCUT2D eigenvalue weighted by atomic mass is 32.2. The highest BCUT2D eigenvalue weighted by Gasteiger charge is 2.33. The van der Waals surface area contributed by atoms with E-state index in [0.717, 1.165) is 44.6 Å². The summed E-state index contributed by atoms with van der Waals surface area (Å²) in [7, 11) is -3.42. The molecule has 44 heavy (non-hydrogen) atoms. The first-order valence-electron chi connectivity index (χ1n) is 17.0. The maximum Gasteiger partial charge on any atom is 0.573 e. The van der Waals surface area contributed by atoms with Crippen LogP contribution in [-0.2, 0) is 25.8 Å². The second-order valence-electron chi connectivity index (χ2n) is 12.0. The van der Waals surface area contributed by atoms with E-state index in [9.17, 15) is 26.4 Å². The molecule has 2 N–H and O–H groups in total. The van der Waals surface area contributed by atoms with Crippen molar-refractivity contribution in [3.8, 4) is 5.75 Å². The van der Waals surface area contributed by atoms with E-state index in [0.29, 0.717) is 18.4 Å². The minimum atomic E-state index is -4.96. The third-order valence-corrected chi connectivity index (χ3v) is 9.64. The summed E-state index contributed by atoms with van der Waals surface area (Å²) in [6, 6.07) is 2.98. The van der Waals surface area contributed by atoms with Gasteiger partial charge in [-0.1, -0.05) is 129 Å². The third kappa shape index (κ3) is 20.3. The lowest BCUT2D eigenvalue weighted by molar-refractivity contribution is -0.275. The lowest BCUT2D eigenvalue weighted by Crippen LogP contribution is -2.25. The summed E-state index contributed by atoms with van der Waals surface area (Å²) in [5, 5.41) is 0. The quantitative estimate of drug-likeness (QED) is 0.0753. The standard InChI is InChI=1S/C34H58F3NO5S/c1-3-5-7-9-11-12-13-14-16-18-20-26-44(40,41)27-25-29-22-21-23-31(43-34(35,36)37)33(29)30(38)28-42-32(39)24-19-17-15-10-8-6-4-2/h21-23,30H,3-20,24-28,38H2,1-2H3. The van der Waals surface area contributed by atoms with Crippen LogP contribution in [0.25, 0.3) is 0 Å². The van der Waals surface area contributed by atoms with Crippen LogP contribution >= 0.6 is 0 Å². The zero-order valence-corrected chi connectivity index (χ0v) is 28.1. The van der Waals surface area contributed by atoms with Gasteiger partial charge in [-0.25, -0.2) is 8.42 Å². The van der Waals surface area contributed by atoms with Crippen molar-refractivity contribution in [1.29, 1.82) is 0 Å². The Morgan fingerprint density at radius 1 is 0.773 bits per heavy atom. The number of esters is 1. The van der Waals surface area contributed by atoms with Crippen LogP contribution in [0.3, 0.4) is 0 Å². The van der Waals surface area contributed by atoms with E-state index >= 15 is 0 Å². The molecular formula is C34H58F3NO5S. The fraction of sp³-hybridized carbons (Fsp3) is 0.794. The van der Waals surface area contributed by atoms with Gasteiger partial charge in [-0.05, 0) is 30.9 Å². The number of carbonyl (C=O) groups is 1. The average Bonchev–Trinajstić information content (AvgIpc) is 2.96. The zero-order chi connectivity index (χ0) is 32.7. The summed E-state index contributed by atoms with van der Waals surface area (Å²) in [5.74, 6) is -1.13. The minimum Gasteiger partial charge on any atom is -0.464 e. The van der Waals surface area contributed by atoms with Crippen LogP contribution in [0.15, 0.2) is 18.2 Å². The molecule has 0 saturated heterocycles. The molecule has 0 radical (unpaired) electrons. The summed E-state index contributed by atoms with van der Waals surface area (Å²) < 4.78 is 74.5. The molecule has 0 aliphatic rings. The molecule has 6 nitrogen and oxygen atoms in total. The molecule has 1 unspecified atom stereocenters. The van der Waals surface area contributed by atoms with Crippen molar-refractivity contribution in [2.24, 2.45) is 5.73 Å². The van der Waals surface area contributed by atoms with Gasteiger partial charge in [0, 0.05) is 12.0 Å². The van der Waals surface area contributed by atoms with Gasteiger partial charge in [0.05, 0.1) is 17.5 Å². The number of nitrogens with two attached hydrogens (primary N) is 1. The molecule has 10 heteroatoms. The van der Waals surface area contributed by atoms with Crippen molar-refractivity contribution in [3.05, 3.63) is 29.3 Å². The fourth-order valence-electron chi connectivity index (χ4n) is 5.36. The number of halogens is 3. The van der Waals surface area contributed by atoms with Crippen LogP contribution < -0.4 is 10.5 Å². The molecule has 1 aromatic rings. The summed E-state index contributed by atoms with van der Waals surface area (Å²) in [6.45, 7) is 4.03. The largest absolute Gasteiger partial charge is 0.573 e. The van der Waals surface area contributed by atoms with E-state index in [1.165, 1.54) is 70.3 Å². The Morgan fingerprint density at radius 3 is 1.80 bits per heavy atom. The van der Waals surface area contributed by atoms with Crippen LogP contribution in [0.4, 0.5) is 13.2 Å². The Labute approximate surface area is 265 Å². The summed E-state index contributed by atoms with van der Waals surface area (Å²) in [5.41, 5.74) is 6.58. The Bertz CT molecular complexity index is 1000. The minimum absolute atomic E-state index is 0.00949. The Kier molecular flexibility index (Phi) is 21.5. The second kappa shape index (κ2) is 23.5. The topological polar surface area (TPSA) is 95.7 Å². The normalized spacial score (nSPS) is 12.8. The zero-order valence-electron chi connectivity index (χ0n) is 27.2. The molecule has 1 aromatic carbocycles. The molecule has 0 aliphatic carbocycles. The first kappa shape index (κ1) is 40.2. The first-order valence-corrected chi connectivity index (χ1v) is 18.8. The van der Waals surface area contributed by atoms with Crippen molar-refractivity contribution >= 4 is 15.8 Å². The number of aryl methyl sites for hydroxylation is 1. The molecule has 0 spiro atoms. The van der Waals surface area contributed by atoms with E-state index in [-0.39, 0.29) is 36.5 Å². The lowest BCUT2D eigenvalue weighted by Gasteiger charge is -2.21. The molecular weight excluding hydrogens is 591 g/mol. The molecule has 0 bridgehead atoms. The number of unbranched alkanes of at least 4 members (excludes halogenated alkanes) is 16. The monoisotopic (exact) mass is 649 g/mol. The van der Waals surface area contributed by atoms with Crippen LogP contribution in [0.1, 0.15) is 153 Å².